The Morgan fingerprint density at radius 1 is 1.26 bits per heavy atom. The quantitative estimate of drug-likeness (QED) is 0.673. The van der Waals surface area contributed by atoms with E-state index >= 15 is 0 Å². The molecule has 1 amide bonds. The summed E-state index contributed by atoms with van der Waals surface area (Å²) in [7, 11) is -3.34. The molecule has 0 aromatic heterocycles. The summed E-state index contributed by atoms with van der Waals surface area (Å²) in [5.74, 6) is 0.181. The monoisotopic (exact) mass is 347 g/mol. The Bertz CT molecular complexity index is 491. The van der Waals surface area contributed by atoms with Gasteiger partial charge in [-0.05, 0) is 25.2 Å². The summed E-state index contributed by atoms with van der Waals surface area (Å²) < 4.78 is 29.8. The summed E-state index contributed by atoms with van der Waals surface area (Å²) in [5.41, 5.74) is 0. The third kappa shape index (κ3) is 6.02. The smallest absolute Gasteiger partial charge is 0.235 e. The highest BCUT2D eigenvalue weighted by Gasteiger charge is 2.36. The van der Waals surface area contributed by atoms with Crippen molar-refractivity contribution in [3.8, 4) is 0 Å². The summed E-state index contributed by atoms with van der Waals surface area (Å²) in [6.45, 7) is 5.44. The Morgan fingerprint density at radius 2 is 1.96 bits per heavy atom. The molecular weight excluding hydrogens is 318 g/mol. The molecule has 2 fully saturated rings. The van der Waals surface area contributed by atoms with Gasteiger partial charge in [0, 0.05) is 38.4 Å². The van der Waals surface area contributed by atoms with E-state index in [2.05, 4.69) is 21.9 Å². The minimum atomic E-state index is -3.34. The summed E-state index contributed by atoms with van der Waals surface area (Å²) in [4.78, 5) is 14.5. The largest absolute Gasteiger partial charge is 0.381 e. The molecule has 134 valence electrons. The van der Waals surface area contributed by atoms with Gasteiger partial charge in [-0.15, -0.1) is 0 Å². The average molecular weight is 347 g/mol. The third-order valence-electron chi connectivity index (χ3n) is 4.68. The van der Waals surface area contributed by atoms with Gasteiger partial charge in [-0.2, -0.15) is 0 Å². The van der Waals surface area contributed by atoms with E-state index in [9.17, 15) is 13.2 Å². The molecule has 0 unspecified atom stereocenters. The molecule has 2 heterocycles. The number of nitrogens with one attached hydrogen (secondary N) is 2. The van der Waals surface area contributed by atoms with Crippen LogP contribution in [0.4, 0.5) is 0 Å². The number of carbonyl (C=O) groups is 1. The van der Waals surface area contributed by atoms with E-state index in [0.717, 1.165) is 58.2 Å². The number of carbonyl (C=O) groups excluding carboxylic acids is 1. The van der Waals surface area contributed by atoms with Gasteiger partial charge < -0.3 is 10.1 Å². The summed E-state index contributed by atoms with van der Waals surface area (Å²) in [6, 6.07) is 0.644. The standard InChI is InChI=1S/C15H29N3O4S/c1-3-4-12-10-18(13-5-7-22-8-6-13)11-14(12)17-15(19)9-16-23(2,20)21/h12-14,16H,3-11H2,1-2H3,(H,17,19)/t12-,14-/m0/s1. The zero-order valence-corrected chi connectivity index (χ0v) is 14.9. The number of likely N-dealkylation sites (tertiary alicyclic amines) is 1. The first kappa shape index (κ1) is 18.6. The van der Waals surface area contributed by atoms with Gasteiger partial charge >= 0.3 is 0 Å². The number of ether oxygens (including phenoxy) is 1. The predicted octanol–water partition coefficient (Wildman–Crippen LogP) is -0.0687. The van der Waals surface area contributed by atoms with Crippen LogP contribution in [0.2, 0.25) is 0 Å². The molecule has 2 N–H and O–H groups in total. The van der Waals surface area contributed by atoms with Crippen molar-refractivity contribution in [2.75, 3.05) is 39.1 Å². The molecule has 2 aliphatic rings. The molecule has 23 heavy (non-hydrogen) atoms. The number of rotatable bonds is 7. The lowest BCUT2D eigenvalue weighted by atomic mass is 9.98. The summed E-state index contributed by atoms with van der Waals surface area (Å²) >= 11 is 0. The molecule has 0 aliphatic carbocycles. The normalized spacial score (nSPS) is 27.2. The number of sulfonamides is 1. The predicted molar refractivity (Wildman–Crippen MR) is 88.6 cm³/mol. The number of nitrogens with zero attached hydrogens (tertiary/aromatic N) is 1. The number of hydrogen-bond donors (Lipinski definition) is 2. The van der Waals surface area contributed by atoms with Crippen molar-refractivity contribution < 1.29 is 17.9 Å². The van der Waals surface area contributed by atoms with Crippen molar-refractivity contribution in [3.63, 3.8) is 0 Å². The topological polar surface area (TPSA) is 87.7 Å². The van der Waals surface area contributed by atoms with Gasteiger partial charge in [0.15, 0.2) is 0 Å². The first-order chi connectivity index (χ1) is 10.9. The fraction of sp³-hybridized carbons (Fsp3) is 0.933. The Hall–Kier alpha value is -0.700. The maximum atomic E-state index is 12.0. The molecule has 7 nitrogen and oxygen atoms in total. The number of amides is 1. The van der Waals surface area contributed by atoms with Crippen LogP contribution in [0.5, 0.6) is 0 Å². The lowest BCUT2D eigenvalue weighted by Crippen LogP contribution is -2.46. The van der Waals surface area contributed by atoms with Gasteiger partial charge in [0.05, 0.1) is 12.8 Å². The SMILES string of the molecule is CCC[C@H]1CN(C2CCOCC2)C[C@@H]1NC(=O)CNS(C)(=O)=O. The number of hydrogen-bond acceptors (Lipinski definition) is 5. The first-order valence-electron chi connectivity index (χ1n) is 8.45. The molecule has 2 atom stereocenters. The van der Waals surface area contributed by atoms with Crippen molar-refractivity contribution in [2.45, 2.75) is 44.7 Å². The minimum absolute atomic E-state index is 0.103. The fourth-order valence-electron chi connectivity index (χ4n) is 3.53. The van der Waals surface area contributed by atoms with Crippen LogP contribution < -0.4 is 10.0 Å². The highest BCUT2D eigenvalue weighted by atomic mass is 32.2. The molecule has 2 saturated heterocycles. The van der Waals surface area contributed by atoms with Crippen molar-refractivity contribution in [3.05, 3.63) is 0 Å². The second-order valence-electron chi connectivity index (χ2n) is 6.61. The van der Waals surface area contributed by atoms with Gasteiger partial charge in [-0.25, -0.2) is 13.1 Å². The molecule has 0 aromatic carbocycles. The van der Waals surface area contributed by atoms with E-state index in [1.54, 1.807) is 0 Å². The third-order valence-corrected chi connectivity index (χ3v) is 5.35. The van der Waals surface area contributed by atoms with Crippen LogP contribution in [0.25, 0.3) is 0 Å². The van der Waals surface area contributed by atoms with E-state index in [-0.39, 0.29) is 18.5 Å². The van der Waals surface area contributed by atoms with Crippen molar-refractivity contribution in [1.82, 2.24) is 14.9 Å². The van der Waals surface area contributed by atoms with Gasteiger partial charge in [-0.1, -0.05) is 13.3 Å². The molecule has 0 spiro atoms. The van der Waals surface area contributed by atoms with Gasteiger partial charge in [-0.3, -0.25) is 9.69 Å². The first-order valence-corrected chi connectivity index (χ1v) is 10.3. The Labute approximate surface area is 139 Å². The molecule has 0 radical (unpaired) electrons. The summed E-state index contributed by atoms with van der Waals surface area (Å²) in [5, 5.41) is 3.02. The lowest BCUT2D eigenvalue weighted by molar-refractivity contribution is -0.120. The lowest BCUT2D eigenvalue weighted by Gasteiger charge is -2.31. The Morgan fingerprint density at radius 3 is 2.57 bits per heavy atom. The average Bonchev–Trinajstić information content (AvgIpc) is 2.89. The maximum absolute atomic E-state index is 12.0. The van der Waals surface area contributed by atoms with Gasteiger partial charge in [0.25, 0.3) is 0 Å². The highest BCUT2D eigenvalue weighted by Crippen LogP contribution is 2.26. The van der Waals surface area contributed by atoms with Gasteiger partial charge in [0.1, 0.15) is 0 Å². The fourth-order valence-corrected chi connectivity index (χ4v) is 3.93. The van der Waals surface area contributed by atoms with E-state index in [4.69, 9.17) is 4.74 Å². The van der Waals surface area contributed by atoms with Crippen LogP contribution in [-0.2, 0) is 19.6 Å². The molecule has 0 bridgehead atoms. The molecule has 2 aliphatic heterocycles. The highest BCUT2D eigenvalue weighted by molar-refractivity contribution is 7.88. The molecular formula is C15H29N3O4S. The molecule has 8 heteroatoms. The van der Waals surface area contributed by atoms with Crippen molar-refractivity contribution >= 4 is 15.9 Å². The zero-order chi connectivity index (χ0) is 16.9. The molecule has 0 saturated carbocycles. The van der Waals surface area contributed by atoms with E-state index < -0.39 is 10.0 Å². The zero-order valence-electron chi connectivity index (χ0n) is 14.1. The van der Waals surface area contributed by atoms with E-state index in [1.807, 2.05) is 0 Å². The van der Waals surface area contributed by atoms with Crippen molar-refractivity contribution in [2.24, 2.45) is 5.92 Å². The molecule has 0 aromatic rings. The van der Waals surface area contributed by atoms with Crippen molar-refractivity contribution in [1.29, 1.82) is 0 Å². The van der Waals surface area contributed by atoms with Crippen LogP contribution in [0, 0.1) is 5.92 Å². The Balaban J connectivity index is 1.88. The molecule has 2 rings (SSSR count). The Kier molecular flexibility index (Phi) is 6.82. The van der Waals surface area contributed by atoms with Crippen LogP contribution >= 0.6 is 0 Å². The second kappa shape index (κ2) is 8.41. The maximum Gasteiger partial charge on any atom is 0.235 e. The van der Waals surface area contributed by atoms with Gasteiger partial charge in [0.2, 0.25) is 15.9 Å². The van der Waals surface area contributed by atoms with E-state index in [1.165, 1.54) is 0 Å². The van der Waals surface area contributed by atoms with Crippen LogP contribution in [0.1, 0.15) is 32.6 Å². The van der Waals surface area contributed by atoms with E-state index in [0.29, 0.717) is 12.0 Å². The summed E-state index contributed by atoms with van der Waals surface area (Å²) in [6.07, 6.45) is 5.32. The second-order valence-corrected chi connectivity index (χ2v) is 8.45. The minimum Gasteiger partial charge on any atom is -0.381 e. The van der Waals surface area contributed by atoms with Crippen LogP contribution in [-0.4, -0.2) is 70.4 Å². The van der Waals surface area contributed by atoms with Crippen LogP contribution in [0.3, 0.4) is 0 Å². The van der Waals surface area contributed by atoms with Crippen LogP contribution in [0.15, 0.2) is 0 Å².